The third-order valence-electron chi connectivity index (χ3n) is 5.47. The van der Waals surface area contributed by atoms with E-state index in [0.29, 0.717) is 44.7 Å². The predicted octanol–water partition coefficient (Wildman–Crippen LogP) is 0.475. The van der Waals surface area contributed by atoms with Crippen LogP contribution in [-0.2, 0) is 4.79 Å². The summed E-state index contributed by atoms with van der Waals surface area (Å²) in [6, 6.07) is 3.37. The summed E-state index contributed by atoms with van der Waals surface area (Å²) in [7, 11) is 3.54. The molecule has 138 valence electrons. The van der Waals surface area contributed by atoms with Crippen LogP contribution in [-0.4, -0.2) is 65.0 Å². The largest absolute Gasteiger partial charge is 0.481 e. The maximum atomic E-state index is 12.8. The summed E-state index contributed by atoms with van der Waals surface area (Å²) in [5, 5.41) is 23.4. The minimum atomic E-state index is -1.33. The predicted molar refractivity (Wildman–Crippen MR) is 92.1 cm³/mol. The molecule has 7 heteroatoms. The van der Waals surface area contributed by atoms with E-state index >= 15 is 0 Å². The number of amides is 1. The first kappa shape index (κ1) is 18.1. The van der Waals surface area contributed by atoms with E-state index in [4.69, 9.17) is 4.74 Å². The van der Waals surface area contributed by atoms with Gasteiger partial charge in [0.2, 0.25) is 5.88 Å². The second kappa shape index (κ2) is 7.27. The number of aliphatic hydroxyl groups is 2. The number of piperidine rings is 1. The molecule has 1 saturated heterocycles. The Morgan fingerprint density at radius 1 is 1.40 bits per heavy atom. The average Bonchev–Trinajstić information content (AvgIpc) is 2.60. The molecule has 1 atom stereocenters. The standard InChI is InChI=1S/C18H27N3O4/c1-21-7-5-18(24,6-8-21)17(23)20-16(13-9-14(22)10-13)12-3-4-15(25-2)19-11-12/h3-4,11,13-14,16,22,24H,5-10H2,1-2H3,(H,20,23). The van der Waals surface area contributed by atoms with Crippen LogP contribution in [0.5, 0.6) is 5.88 Å². The lowest BCUT2D eigenvalue weighted by Gasteiger charge is -2.41. The van der Waals surface area contributed by atoms with Gasteiger partial charge in [0.1, 0.15) is 5.60 Å². The van der Waals surface area contributed by atoms with Crippen LogP contribution in [0.3, 0.4) is 0 Å². The van der Waals surface area contributed by atoms with E-state index in [-0.39, 0.29) is 24.0 Å². The SMILES string of the molecule is COc1ccc(C(NC(=O)C2(O)CCN(C)CC2)C2CC(O)C2)cn1. The molecule has 2 aliphatic rings. The van der Waals surface area contributed by atoms with Gasteiger partial charge in [-0.2, -0.15) is 0 Å². The van der Waals surface area contributed by atoms with Gasteiger partial charge in [0.15, 0.2) is 0 Å². The second-order valence-electron chi connectivity index (χ2n) is 7.31. The highest BCUT2D eigenvalue weighted by Crippen LogP contribution is 2.38. The van der Waals surface area contributed by atoms with Gasteiger partial charge in [0.05, 0.1) is 19.3 Å². The van der Waals surface area contributed by atoms with Gasteiger partial charge in [-0.15, -0.1) is 0 Å². The molecule has 0 radical (unpaired) electrons. The van der Waals surface area contributed by atoms with Gasteiger partial charge in [-0.1, -0.05) is 6.07 Å². The van der Waals surface area contributed by atoms with Crippen molar-refractivity contribution in [3.8, 4) is 5.88 Å². The number of hydrogen-bond acceptors (Lipinski definition) is 6. The molecule has 25 heavy (non-hydrogen) atoms. The number of carbonyl (C=O) groups is 1. The lowest BCUT2D eigenvalue weighted by molar-refractivity contribution is -0.146. The number of rotatable bonds is 5. The molecule has 1 aromatic heterocycles. The highest BCUT2D eigenvalue weighted by Gasteiger charge is 2.42. The fraction of sp³-hybridized carbons (Fsp3) is 0.667. The van der Waals surface area contributed by atoms with Crippen LogP contribution in [0, 0.1) is 5.92 Å². The molecule has 1 aliphatic heterocycles. The van der Waals surface area contributed by atoms with Gasteiger partial charge < -0.3 is 25.2 Å². The van der Waals surface area contributed by atoms with Gasteiger partial charge in [-0.3, -0.25) is 4.79 Å². The Morgan fingerprint density at radius 3 is 2.60 bits per heavy atom. The highest BCUT2D eigenvalue weighted by molar-refractivity contribution is 5.85. The van der Waals surface area contributed by atoms with E-state index in [1.165, 1.54) is 0 Å². The smallest absolute Gasteiger partial charge is 0.252 e. The number of aromatic nitrogens is 1. The van der Waals surface area contributed by atoms with Crippen molar-refractivity contribution in [3.05, 3.63) is 23.9 Å². The van der Waals surface area contributed by atoms with Crippen LogP contribution in [0.15, 0.2) is 18.3 Å². The second-order valence-corrected chi connectivity index (χ2v) is 7.31. The molecule has 3 N–H and O–H groups in total. The Labute approximate surface area is 148 Å². The van der Waals surface area contributed by atoms with Crippen molar-refractivity contribution in [1.29, 1.82) is 0 Å². The Morgan fingerprint density at radius 2 is 2.08 bits per heavy atom. The van der Waals surface area contributed by atoms with Gasteiger partial charge in [-0.05, 0) is 44.2 Å². The number of likely N-dealkylation sites (tertiary alicyclic amines) is 1. The summed E-state index contributed by atoms with van der Waals surface area (Å²) in [4.78, 5) is 19.1. The number of aliphatic hydroxyl groups excluding tert-OH is 1. The van der Waals surface area contributed by atoms with Crippen molar-refractivity contribution >= 4 is 5.91 Å². The van der Waals surface area contributed by atoms with E-state index in [2.05, 4.69) is 15.2 Å². The number of nitrogens with zero attached hydrogens (tertiary/aromatic N) is 2. The molecule has 3 rings (SSSR count). The number of carbonyl (C=O) groups excluding carboxylic acids is 1. The molecule has 2 fully saturated rings. The van der Waals surface area contributed by atoms with Gasteiger partial charge >= 0.3 is 0 Å². The molecule has 1 aliphatic carbocycles. The Bertz CT molecular complexity index is 593. The van der Waals surface area contributed by atoms with Crippen molar-refractivity contribution in [2.24, 2.45) is 5.92 Å². The molecule has 0 bridgehead atoms. The maximum absolute atomic E-state index is 12.8. The van der Waals surface area contributed by atoms with E-state index < -0.39 is 5.60 Å². The lowest BCUT2D eigenvalue weighted by Crippen LogP contribution is -2.55. The number of methoxy groups -OCH3 is 1. The zero-order chi connectivity index (χ0) is 18.0. The third kappa shape index (κ3) is 3.94. The maximum Gasteiger partial charge on any atom is 0.252 e. The first-order valence-electron chi connectivity index (χ1n) is 8.81. The van der Waals surface area contributed by atoms with Crippen LogP contribution in [0.2, 0.25) is 0 Å². The Balaban J connectivity index is 1.74. The molecule has 1 aromatic rings. The first-order chi connectivity index (χ1) is 11.9. The summed E-state index contributed by atoms with van der Waals surface area (Å²) in [5.74, 6) is 0.322. The summed E-state index contributed by atoms with van der Waals surface area (Å²) >= 11 is 0. The molecule has 1 saturated carbocycles. The van der Waals surface area contributed by atoms with Gasteiger partial charge in [-0.25, -0.2) is 4.98 Å². The minimum absolute atomic E-state index is 0.143. The molecular formula is C18H27N3O4. The van der Waals surface area contributed by atoms with Gasteiger partial charge in [0.25, 0.3) is 5.91 Å². The van der Waals surface area contributed by atoms with Crippen molar-refractivity contribution in [3.63, 3.8) is 0 Å². The van der Waals surface area contributed by atoms with Crippen LogP contribution in [0.4, 0.5) is 0 Å². The summed E-state index contributed by atoms with van der Waals surface area (Å²) < 4.78 is 5.09. The molecule has 7 nitrogen and oxygen atoms in total. The average molecular weight is 349 g/mol. The number of ether oxygens (including phenoxy) is 1. The monoisotopic (exact) mass is 349 g/mol. The van der Waals surface area contributed by atoms with Crippen LogP contribution in [0.25, 0.3) is 0 Å². The minimum Gasteiger partial charge on any atom is -0.481 e. The van der Waals surface area contributed by atoms with Crippen LogP contribution in [0.1, 0.15) is 37.3 Å². The zero-order valence-electron chi connectivity index (χ0n) is 14.8. The molecular weight excluding hydrogens is 322 g/mol. The van der Waals surface area contributed by atoms with E-state index in [1.54, 1.807) is 19.4 Å². The van der Waals surface area contributed by atoms with Crippen molar-refractivity contribution in [1.82, 2.24) is 15.2 Å². The summed E-state index contributed by atoms with van der Waals surface area (Å²) in [6.45, 7) is 1.39. The number of pyridine rings is 1. The van der Waals surface area contributed by atoms with Crippen LogP contribution < -0.4 is 10.1 Å². The van der Waals surface area contributed by atoms with Crippen LogP contribution >= 0.6 is 0 Å². The van der Waals surface area contributed by atoms with E-state index in [0.717, 1.165) is 5.56 Å². The first-order valence-corrected chi connectivity index (χ1v) is 8.81. The Hall–Kier alpha value is -1.70. The van der Waals surface area contributed by atoms with Crippen molar-refractivity contribution in [2.75, 3.05) is 27.2 Å². The molecule has 0 aromatic carbocycles. The van der Waals surface area contributed by atoms with Gasteiger partial charge in [0, 0.05) is 25.4 Å². The fourth-order valence-electron chi connectivity index (χ4n) is 3.56. The topological polar surface area (TPSA) is 94.9 Å². The third-order valence-corrected chi connectivity index (χ3v) is 5.47. The molecule has 0 spiro atoms. The normalized spacial score (nSPS) is 27.2. The summed E-state index contributed by atoms with van der Waals surface area (Å²) in [6.07, 6.45) is 3.50. The quantitative estimate of drug-likeness (QED) is 0.716. The fourth-order valence-corrected chi connectivity index (χ4v) is 3.56. The highest BCUT2D eigenvalue weighted by atomic mass is 16.5. The Kier molecular flexibility index (Phi) is 5.27. The molecule has 1 amide bonds. The zero-order valence-corrected chi connectivity index (χ0v) is 14.8. The molecule has 2 heterocycles. The summed E-state index contributed by atoms with van der Waals surface area (Å²) in [5.41, 5.74) is -0.463. The molecule has 1 unspecified atom stereocenters. The van der Waals surface area contributed by atoms with Crippen molar-refractivity contribution in [2.45, 2.75) is 43.4 Å². The van der Waals surface area contributed by atoms with E-state index in [1.807, 2.05) is 13.1 Å². The number of hydrogen-bond donors (Lipinski definition) is 3. The van der Waals surface area contributed by atoms with E-state index in [9.17, 15) is 15.0 Å². The lowest BCUT2D eigenvalue weighted by atomic mass is 9.75. The number of nitrogens with one attached hydrogen (secondary N) is 1. The van der Waals surface area contributed by atoms with Crippen molar-refractivity contribution < 1.29 is 19.7 Å².